The molecule has 1 rings (SSSR count). The van der Waals surface area contributed by atoms with E-state index in [-0.39, 0.29) is 12.1 Å². The minimum absolute atomic E-state index is 0.0395. The summed E-state index contributed by atoms with van der Waals surface area (Å²) < 4.78 is 5.31. The van der Waals surface area contributed by atoms with Crippen molar-refractivity contribution in [3.8, 4) is 0 Å². The lowest BCUT2D eigenvalue weighted by Crippen LogP contribution is -2.52. The molecule has 0 spiro atoms. The molecule has 1 fully saturated rings. The summed E-state index contributed by atoms with van der Waals surface area (Å²) in [5.74, 6) is 0. The maximum absolute atomic E-state index is 11.5. The van der Waals surface area contributed by atoms with Crippen molar-refractivity contribution < 1.29 is 9.53 Å². The fourth-order valence-electron chi connectivity index (χ4n) is 1.51. The summed E-state index contributed by atoms with van der Waals surface area (Å²) >= 11 is 0. The molecular formula is C9H18N2O2. The molecular weight excluding hydrogens is 168 g/mol. The molecule has 1 atom stereocenters. The summed E-state index contributed by atoms with van der Waals surface area (Å²) in [7, 11) is 0. The van der Waals surface area contributed by atoms with E-state index in [2.05, 4.69) is 12.2 Å². The van der Waals surface area contributed by atoms with Crippen LogP contribution in [0.1, 0.15) is 20.3 Å². The molecule has 4 nitrogen and oxygen atoms in total. The Kier molecular flexibility index (Phi) is 4.02. The number of rotatable bonds is 2. The van der Waals surface area contributed by atoms with Crippen molar-refractivity contribution in [1.29, 1.82) is 0 Å². The molecule has 13 heavy (non-hydrogen) atoms. The van der Waals surface area contributed by atoms with Gasteiger partial charge in [-0.15, -0.1) is 0 Å². The minimum atomic E-state index is 0.0395. The molecule has 0 aromatic rings. The minimum Gasteiger partial charge on any atom is -0.377 e. The van der Waals surface area contributed by atoms with Crippen LogP contribution in [0.3, 0.4) is 0 Å². The molecule has 1 aliphatic heterocycles. The molecule has 76 valence electrons. The Morgan fingerprint density at radius 1 is 1.62 bits per heavy atom. The topological polar surface area (TPSA) is 41.6 Å². The molecule has 0 radical (unpaired) electrons. The zero-order valence-corrected chi connectivity index (χ0v) is 8.38. The average molecular weight is 186 g/mol. The molecule has 1 heterocycles. The number of hydrogen-bond acceptors (Lipinski definition) is 2. The Bertz CT molecular complexity index is 173. The van der Waals surface area contributed by atoms with Gasteiger partial charge in [0.25, 0.3) is 0 Å². The third-order valence-electron chi connectivity index (χ3n) is 2.29. The number of morpholine rings is 1. The predicted molar refractivity (Wildman–Crippen MR) is 50.7 cm³/mol. The van der Waals surface area contributed by atoms with Crippen LogP contribution in [0.25, 0.3) is 0 Å². The SMILES string of the molecule is CCNC(=O)N1CCOCC1CC. The molecule has 1 N–H and O–H groups in total. The molecule has 0 aliphatic carbocycles. The van der Waals surface area contributed by atoms with E-state index in [1.54, 1.807) is 0 Å². The Morgan fingerprint density at radius 2 is 2.38 bits per heavy atom. The normalized spacial score (nSPS) is 22.9. The van der Waals surface area contributed by atoms with Gasteiger partial charge in [0, 0.05) is 13.1 Å². The van der Waals surface area contributed by atoms with Crippen molar-refractivity contribution >= 4 is 6.03 Å². The summed E-state index contributed by atoms with van der Waals surface area (Å²) in [5.41, 5.74) is 0. The fraction of sp³-hybridized carbons (Fsp3) is 0.889. The lowest BCUT2D eigenvalue weighted by molar-refractivity contribution is 0.0114. The van der Waals surface area contributed by atoms with Crippen molar-refractivity contribution in [2.75, 3.05) is 26.3 Å². The summed E-state index contributed by atoms with van der Waals surface area (Å²) in [4.78, 5) is 13.4. The molecule has 1 saturated heterocycles. The van der Waals surface area contributed by atoms with Gasteiger partial charge in [0.15, 0.2) is 0 Å². The van der Waals surface area contributed by atoms with Crippen LogP contribution in [-0.2, 0) is 4.74 Å². The smallest absolute Gasteiger partial charge is 0.317 e. The summed E-state index contributed by atoms with van der Waals surface area (Å²) in [6.45, 7) is 6.74. The van der Waals surface area contributed by atoms with Crippen LogP contribution in [0.5, 0.6) is 0 Å². The van der Waals surface area contributed by atoms with Gasteiger partial charge in [-0.2, -0.15) is 0 Å². The Hall–Kier alpha value is -0.770. The highest BCUT2D eigenvalue weighted by molar-refractivity contribution is 5.74. The maximum atomic E-state index is 11.5. The van der Waals surface area contributed by atoms with Gasteiger partial charge in [0.2, 0.25) is 0 Å². The van der Waals surface area contributed by atoms with Crippen molar-refractivity contribution in [3.63, 3.8) is 0 Å². The second-order valence-electron chi connectivity index (χ2n) is 3.17. The third-order valence-corrected chi connectivity index (χ3v) is 2.29. The molecule has 0 bridgehead atoms. The molecule has 0 saturated carbocycles. The second-order valence-corrected chi connectivity index (χ2v) is 3.17. The number of urea groups is 1. The number of carbonyl (C=O) groups excluding carboxylic acids is 1. The van der Waals surface area contributed by atoms with E-state index in [9.17, 15) is 4.79 Å². The number of amides is 2. The zero-order chi connectivity index (χ0) is 9.68. The Labute approximate surface area is 79.2 Å². The van der Waals surface area contributed by atoms with Crippen LogP contribution in [0.2, 0.25) is 0 Å². The van der Waals surface area contributed by atoms with Crippen LogP contribution in [-0.4, -0.2) is 43.3 Å². The highest BCUT2D eigenvalue weighted by Gasteiger charge is 2.24. The largest absolute Gasteiger partial charge is 0.377 e. The van der Waals surface area contributed by atoms with E-state index in [0.29, 0.717) is 26.3 Å². The maximum Gasteiger partial charge on any atom is 0.317 e. The summed E-state index contributed by atoms with van der Waals surface area (Å²) in [5, 5.41) is 2.81. The van der Waals surface area contributed by atoms with E-state index in [4.69, 9.17) is 4.74 Å². The summed E-state index contributed by atoms with van der Waals surface area (Å²) in [6.07, 6.45) is 0.955. The molecule has 0 aromatic heterocycles. The predicted octanol–water partition coefficient (Wildman–Crippen LogP) is 0.827. The Balaban J connectivity index is 2.48. The van der Waals surface area contributed by atoms with E-state index >= 15 is 0 Å². The average Bonchev–Trinajstić information content (AvgIpc) is 2.18. The van der Waals surface area contributed by atoms with Crippen molar-refractivity contribution in [2.45, 2.75) is 26.3 Å². The first kappa shape index (κ1) is 10.3. The second kappa shape index (κ2) is 5.07. The van der Waals surface area contributed by atoms with E-state index in [0.717, 1.165) is 6.42 Å². The number of nitrogens with zero attached hydrogens (tertiary/aromatic N) is 1. The van der Waals surface area contributed by atoms with Crippen LogP contribution in [0.15, 0.2) is 0 Å². The number of nitrogens with one attached hydrogen (secondary N) is 1. The monoisotopic (exact) mass is 186 g/mol. The highest BCUT2D eigenvalue weighted by Crippen LogP contribution is 2.09. The van der Waals surface area contributed by atoms with Gasteiger partial charge in [-0.1, -0.05) is 6.92 Å². The van der Waals surface area contributed by atoms with Gasteiger partial charge in [-0.25, -0.2) is 4.79 Å². The molecule has 2 amide bonds. The van der Waals surface area contributed by atoms with Crippen molar-refractivity contribution in [1.82, 2.24) is 10.2 Å². The van der Waals surface area contributed by atoms with Crippen LogP contribution < -0.4 is 5.32 Å². The van der Waals surface area contributed by atoms with Gasteiger partial charge in [-0.3, -0.25) is 0 Å². The first-order valence-corrected chi connectivity index (χ1v) is 4.91. The molecule has 1 aliphatic rings. The zero-order valence-electron chi connectivity index (χ0n) is 8.38. The van der Waals surface area contributed by atoms with Crippen LogP contribution in [0, 0.1) is 0 Å². The standard InChI is InChI=1S/C9H18N2O2/c1-3-8-7-13-6-5-11(8)9(12)10-4-2/h8H,3-7H2,1-2H3,(H,10,12). The Morgan fingerprint density at radius 3 is 3.00 bits per heavy atom. The van der Waals surface area contributed by atoms with Gasteiger partial charge < -0.3 is 15.0 Å². The van der Waals surface area contributed by atoms with Gasteiger partial charge >= 0.3 is 6.03 Å². The van der Waals surface area contributed by atoms with Gasteiger partial charge in [-0.05, 0) is 13.3 Å². The van der Waals surface area contributed by atoms with Gasteiger partial charge in [0.05, 0.1) is 19.3 Å². The molecule has 1 unspecified atom stereocenters. The van der Waals surface area contributed by atoms with Crippen LogP contribution >= 0.6 is 0 Å². The van der Waals surface area contributed by atoms with E-state index in [1.807, 2.05) is 11.8 Å². The number of ether oxygens (including phenoxy) is 1. The van der Waals surface area contributed by atoms with E-state index in [1.165, 1.54) is 0 Å². The molecule has 0 aromatic carbocycles. The van der Waals surface area contributed by atoms with Crippen molar-refractivity contribution in [3.05, 3.63) is 0 Å². The quantitative estimate of drug-likeness (QED) is 0.694. The first-order chi connectivity index (χ1) is 6.29. The third kappa shape index (κ3) is 2.59. The first-order valence-electron chi connectivity index (χ1n) is 4.91. The highest BCUT2D eigenvalue weighted by atomic mass is 16.5. The van der Waals surface area contributed by atoms with E-state index < -0.39 is 0 Å². The number of hydrogen-bond donors (Lipinski definition) is 1. The molecule has 4 heteroatoms. The van der Waals surface area contributed by atoms with Crippen LogP contribution in [0.4, 0.5) is 4.79 Å². The summed E-state index contributed by atoms with van der Waals surface area (Å²) in [6, 6.07) is 0.290. The fourth-order valence-corrected chi connectivity index (χ4v) is 1.51. The number of carbonyl (C=O) groups is 1. The lowest BCUT2D eigenvalue weighted by atomic mass is 10.2. The lowest BCUT2D eigenvalue weighted by Gasteiger charge is -2.34. The van der Waals surface area contributed by atoms with Crippen molar-refractivity contribution in [2.24, 2.45) is 0 Å². The van der Waals surface area contributed by atoms with Gasteiger partial charge in [0.1, 0.15) is 0 Å².